The van der Waals surface area contributed by atoms with Crippen LogP contribution < -0.4 is 5.32 Å². The number of aryl methyl sites for hydroxylation is 3. The van der Waals surface area contributed by atoms with Crippen molar-refractivity contribution in [2.24, 2.45) is 0 Å². The Balaban J connectivity index is 0.000000181. The van der Waals surface area contributed by atoms with Crippen LogP contribution in [0.1, 0.15) is 111 Å². The number of aldehydes is 1. The highest BCUT2D eigenvalue weighted by Gasteiger charge is 2.25. The van der Waals surface area contributed by atoms with Gasteiger partial charge in [0.15, 0.2) is 28.4 Å². The fourth-order valence-electron chi connectivity index (χ4n) is 9.13. The molecule has 1 saturated heterocycles. The smallest absolute Gasteiger partial charge is 0.359 e. The number of ether oxygens (including phenoxy) is 4. The predicted molar refractivity (Wildman–Crippen MR) is 336 cm³/mol. The van der Waals surface area contributed by atoms with Crippen LogP contribution in [0, 0.1) is 27.9 Å². The van der Waals surface area contributed by atoms with Crippen molar-refractivity contribution < 1.29 is 47.4 Å². The van der Waals surface area contributed by atoms with Crippen molar-refractivity contribution in [3.05, 3.63) is 202 Å². The Morgan fingerprint density at radius 1 is 0.624 bits per heavy atom. The summed E-state index contributed by atoms with van der Waals surface area (Å²) in [6.45, 7) is 12.8. The number of carbonyl (C=O) groups is 5. The molecule has 9 aromatic rings. The summed E-state index contributed by atoms with van der Waals surface area (Å²) < 4.78 is 31.1. The van der Waals surface area contributed by atoms with Crippen LogP contribution in [0.4, 0.5) is 0 Å². The molecule has 1 fully saturated rings. The van der Waals surface area contributed by atoms with Gasteiger partial charge < -0.3 is 38.5 Å². The summed E-state index contributed by atoms with van der Waals surface area (Å²) in [5.41, 5.74) is 11.9. The molecule has 1 aliphatic rings. The molecular weight excluding hydrogens is 1310 g/mol. The van der Waals surface area contributed by atoms with Gasteiger partial charge in [-0.1, -0.05) is 107 Å². The summed E-state index contributed by atoms with van der Waals surface area (Å²) in [6, 6.07) is 32.8. The molecular formula is C62H69I2N11O10. The number of rotatable bonds is 19. The van der Waals surface area contributed by atoms with Crippen molar-refractivity contribution in [3.63, 3.8) is 0 Å². The normalized spacial score (nSPS) is 12.2. The SMILES string of the molecule is COC(=O)c1[nH]ncc1I.COC(=O)c1nn(Cc2ccc(C)cc2)cc1CC=O.COC(=O)c1nn(Cc2ccc(C)cc2)cc1CCNCCN1CCC(c2noc3ccccc23)CC1.COC(=O)c1nn(Cc2ccc(C)cc2)cc1I. The van der Waals surface area contributed by atoms with Gasteiger partial charge >= 0.3 is 23.9 Å². The van der Waals surface area contributed by atoms with E-state index in [2.05, 4.69) is 146 Å². The van der Waals surface area contributed by atoms with Crippen molar-refractivity contribution in [3.8, 4) is 0 Å². The number of aromatic amines is 1. The topological polar surface area (TPSA) is 246 Å². The van der Waals surface area contributed by atoms with Crippen LogP contribution in [0.25, 0.3) is 11.0 Å². The molecule has 0 spiro atoms. The lowest BCUT2D eigenvalue weighted by molar-refractivity contribution is -0.107. The van der Waals surface area contributed by atoms with E-state index in [0.717, 1.165) is 104 Å². The lowest BCUT2D eigenvalue weighted by atomic mass is 9.91. The first-order chi connectivity index (χ1) is 41.1. The number of hydrogen-bond acceptors (Lipinski definition) is 17. The fraction of sp³-hybridized carbons (Fsp3) is 0.323. The molecule has 0 amide bonds. The zero-order valence-electron chi connectivity index (χ0n) is 48.6. The van der Waals surface area contributed by atoms with E-state index in [0.29, 0.717) is 48.2 Å². The molecule has 446 valence electrons. The predicted octanol–water partition coefficient (Wildman–Crippen LogP) is 9.38. The minimum atomic E-state index is -0.524. The molecule has 85 heavy (non-hydrogen) atoms. The number of likely N-dealkylation sites (tertiary alicyclic amines) is 1. The number of benzene rings is 4. The van der Waals surface area contributed by atoms with Crippen molar-refractivity contribution >= 4 is 86.3 Å². The Hall–Kier alpha value is -7.88. The van der Waals surface area contributed by atoms with E-state index >= 15 is 0 Å². The summed E-state index contributed by atoms with van der Waals surface area (Å²) >= 11 is 4.08. The summed E-state index contributed by atoms with van der Waals surface area (Å²) in [4.78, 5) is 59.3. The van der Waals surface area contributed by atoms with E-state index < -0.39 is 11.9 Å². The second kappa shape index (κ2) is 32.4. The number of fused-ring (bicyclic) bond motifs is 1. The van der Waals surface area contributed by atoms with Crippen molar-refractivity contribution in [1.82, 2.24) is 54.9 Å². The van der Waals surface area contributed by atoms with Crippen molar-refractivity contribution in [2.45, 2.75) is 72.0 Å². The zero-order chi connectivity index (χ0) is 60.8. The van der Waals surface area contributed by atoms with Crippen molar-refractivity contribution in [2.75, 3.05) is 61.2 Å². The van der Waals surface area contributed by atoms with Gasteiger partial charge in [-0.15, -0.1) is 0 Å². The second-order valence-electron chi connectivity index (χ2n) is 20.0. The lowest BCUT2D eigenvalue weighted by Gasteiger charge is -2.31. The third-order valence-electron chi connectivity index (χ3n) is 13.8. The van der Waals surface area contributed by atoms with Crippen LogP contribution in [0.3, 0.4) is 0 Å². The monoisotopic (exact) mass is 1380 g/mol. The maximum Gasteiger partial charge on any atom is 0.359 e. The summed E-state index contributed by atoms with van der Waals surface area (Å²) in [7, 11) is 5.39. The van der Waals surface area contributed by atoms with Crippen LogP contribution in [0.5, 0.6) is 0 Å². The standard InChI is InChI=1S/C29H35N5O3.C15H16N2O3.C13H13IN2O2.C5H5IN2O2/c1-21-7-9-22(10-8-21)19-34-20-24(28(31-34)29(35)36-2)11-14-30-15-18-33-16-12-23(13-17-33)27-25-5-3-4-6-26(25)37-32-27;1-11-3-5-12(6-4-11)9-17-10-13(7-8-18)14(16-17)15(19)20-2;1-9-3-5-10(6-4-9)7-16-8-11(14)12(15-16)13(17)18-2;1-10-5(9)4-3(6)2-7-8-4/h3-10,20,23,30H,11-19H2,1-2H3;3-6,8,10H,7,9H2,1-2H3;3-6,8H,7H2,1-2H3;2H,1H3,(H,7,8). The number of aromatic nitrogens is 9. The van der Waals surface area contributed by atoms with E-state index in [-0.39, 0.29) is 24.1 Å². The molecule has 0 unspecified atom stereocenters. The van der Waals surface area contributed by atoms with E-state index in [4.69, 9.17) is 9.26 Å². The van der Waals surface area contributed by atoms with Gasteiger partial charge in [0, 0.05) is 60.5 Å². The van der Waals surface area contributed by atoms with Gasteiger partial charge in [-0.3, -0.25) is 19.1 Å². The first kappa shape index (κ1) is 64.7. The maximum atomic E-state index is 12.3. The molecule has 10 rings (SSSR count). The number of halogens is 2. The van der Waals surface area contributed by atoms with Crippen LogP contribution in [0.15, 0.2) is 126 Å². The van der Waals surface area contributed by atoms with Crippen LogP contribution in [-0.2, 0) is 56.2 Å². The highest BCUT2D eigenvalue weighted by Crippen LogP contribution is 2.32. The Morgan fingerprint density at radius 2 is 1.11 bits per heavy atom. The molecule has 6 heterocycles. The van der Waals surface area contributed by atoms with Crippen LogP contribution in [0.2, 0.25) is 0 Å². The van der Waals surface area contributed by atoms with Gasteiger partial charge in [0.1, 0.15) is 6.29 Å². The molecule has 23 heteroatoms. The average molecular weight is 1380 g/mol. The number of piperidine rings is 1. The molecule has 4 aromatic carbocycles. The van der Waals surface area contributed by atoms with Gasteiger partial charge in [-0.25, -0.2) is 19.2 Å². The minimum Gasteiger partial charge on any atom is -0.464 e. The Labute approximate surface area is 520 Å². The van der Waals surface area contributed by atoms with Crippen LogP contribution in [-0.4, -0.2) is 141 Å². The largest absolute Gasteiger partial charge is 0.464 e. The molecule has 5 aromatic heterocycles. The van der Waals surface area contributed by atoms with Crippen LogP contribution >= 0.6 is 45.2 Å². The summed E-state index contributed by atoms with van der Waals surface area (Å²) in [6.07, 6.45) is 10.9. The first-order valence-electron chi connectivity index (χ1n) is 27.3. The number of esters is 4. The summed E-state index contributed by atoms with van der Waals surface area (Å²) in [5.74, 6) is -1.24. The Morgan fingerprint density at radius 3 is 1.61 bits per heavy atom. The van der Waals surface area contributed by atoms with E-state index in [1.807, 2.05) is 89.1 Å². The number of nitrogens with zero attached hydrogens (tertiary/aromatic N) is 9. The molecule has 0 saturated carbocycles. The molecule has 0 aliphatic carbocycles. The number of methoxy groups -OCH3 is 4. The molecule has 0 atom stereocenters. The minimum absolute atomic E-state index is 0.151. The number of carbonyl (C=O) groups excluding carboxylic acids is 5. The third kappa shape index (κ3) is 18.8. The average Bonchev–Trinajstić information content (AvgIpc) is 4.14. The van der Waals surface area contributed by atoms with E-state index in [1.54, 1.807) is 21.8 Å². The second-order valence-corrected chi connectivity index (χ2v) is 22.3. The van der Waals surface area contributed by atoms with Gasteiger partial charge in [-0.2, -0.15) is 20.4 Å². The van der Waals surface area contributed by atoms with Gasteiger partial charge in [0.25, 0.3) is 0 Å². The molecule has 1 aliphatic heterocycles. The molecule has 2 N–H and O–H groups in total. The number of nitrogens with one attached hydrogen (secondary N) is 2. The number of H-pyrrole nitrogens is 1. The molecule has 0 radical (unpaired) electrons. The van der Waals surface area contributed by atoms with Gasteiger partial charge in [0.2, 0.25) is 0 Å². The van der Waals surface area contributed by atoms with Crippen molar-refractivity contribution in [1.29, 1.82) is 0 Å². The first-order valence-corrected chi connectivity index (χ1v) is 29.5. The quantitative estimate of drug-likeness (QED) is 0.0252. The Kier molecular flexibility index (Phi) is 24.7. The number of para-hydroxylation sites is 1. The van der Waals surface area contributed by atoms with E-state index in [9.17, 15) is 24.0 Å². The highest BCUT2D eigenvalue weighted by atomic mass is 127. The van der Waals surface area contributed by atoms with Gasteiger partial charge in [-0.05, 0) is 134 Å². The third-order valence-corrected chi connectivity index (χ3v) is 15.4. The number of hydrogen-bond donors (Lipinski definition) is 2. The Bertz CT molecular complexity index is 3620. The maximum absolute atomic E-state index is 12.3. The fourth-order valence-corrected chi connectivity index (χ4v) is 10.3. The lowest BCUT2D eigenvalue weighted by Crippen LogP contribution is -2.38. The summed E-state index contributed by atoms with van der Waals surface area (Å²) in [5, 5.41) is 28.2. The van der Waals surface area contributed by atoms with Gasteiger partial charge in [0.05, 0.1) is 67.1 Å². The molecule has 0 bridgehead atoms. The zero-order valence-corrected chi connectivity index (χ0v) is 52.9. The van der Waals surface area contributed by atoms with E-state index in [1.165, 1.54) is 45.1 Å². The highest BCUT2D eigenvalue weighted by molar-refractivity contribution is 14.1. The molecule has 21 nitrogen and oxygen atoms in total.